The summed E-state index contributed by atoms with van der Waals surface area (Å²) in [5, 5.41) is 5.44. The van der Waals surface area contributed by atoms with E-state index >= 15 is 0 Å². The van der Waals surface area contributed by atoms with Gasteiger partial charge in [0.05, 0.1) is 27.6 Å². The Kier molecular flexibility index (Phi) is 29.1. The Morgan fingerprint density at radius 3 is 1.45 bits per heavy atom. The van der Waals surface area contributed by atoms with E-state index < -0.39 is 39.5 Å². The summed E-state index contributed by atoms with van der Waals surface area (Å²) in [6, 6.07) is 54.3. The Labute approximate surface area is 723 Å². The molecular formula is C71H73BI21N4-. The van der Waals surface area contributed by atoms with Gasteiger partial charge in [-0.25, -0.2) is 0 Å². The van der Waals surface area contributed by atoms with Crippen LogP contribution in [-0.4, -0.2) is 26.9 Å². The molecule has 0 bridgehead atoms. The number of hydrogen-bond acceptors (Lipinski definition) is 2. The molecule has 6 heterocycles. The fraction of sp³-hybridized carbons (Fsp3) is 0.324. The number of halogens is 21. The predicted octanol–water partition coefficient (Wildman–Crippen LogP) is 31.4. The van der Waals surface area contributed by atoms with Crippen molar-refractivity contribution in [2.24, 2.45) is 0 Å². The molecule has 97 heavy (non-hydrogen) atoms. The first-order valence-corrected chi connectivity index (χ1v) is 157. The van der Waals surface area contributed by atoms with E-state index in [1.807, 2.05) is 0 Å². The Morgan fingerprint density at radius 2 is 0.866 bits per heavy atom. The molecule has 0 spiro atoms. The van der Waals surface area contributed by atoms with Crippen LogP contribution in [0.2, 0.25) is 0 Å². The van der Waals surface area contributed by atoms with E-state index in [4.69, 9.17) is 0 Å². The van der Waals surface area contributed by atoms with Crippen molar-refractivity contribution in [1.29, 1.82) is 0 Å². The van der Waals surface area contributed by atoms with E-state index in [2.05, 4.69) is 432 Å². The van der Waals surface area contributed by atoms with Gasteiger partial charge in [-0.15, -0.1) is 0 Å². The third kappa shape index (κ3) is 15.0. The average Bonchev–Trinajstić information content (AvgIpc) is 1.55. The second kappa shape index (κ2) is 33.9. The molecule has 16 rings (SSSR count). The number of rotatable bonds is 11. The number of para-hydroxylation sites is 2. The van der Waals surface area contributed by atoms with E-state index in [9.17, 15) is 0 Å². The van der Waals surface area contributed by atoms with Gasteiger partial charge >= 0.3 is 289 Å². The van der Waals surface area contributed by atoms with Crippen LogP contribution in [0.25, 0.3) is 55.0 Å². The summed E-state index contributed by atoms with van der Waals surface area (Å²) in [5.74, 6) is 0. The van der Waals surface area contributed by atoms with E-state index in [0.29, 0.717) is 13.3 Å². The van der Waals surface area contributed by atoms with E-state index in [0.717, 1.165) is 0 Å². The van der Waals surface area contributed by atoms with E-state index in [-0.39, 0.29) is 67.6 Å². The molecule has 0 radical (unpaired) electrons. The Balaban J connectivity index is 0.000000137. The molecule has 4 aliphatic heterocycles. The van der Waals surface area contributed by atoms with Crippen molar-refractivity contribution >= 4 is 365 Å². The van der Waals surface area contributed by atoms with Crippen LogP contribution >= 0.6 is 276 Å². The summed E-state index contributed by atoms with van der Waals surface area (Å²) < 4.78 is 5.08. The number of aromatic nitrogens is 2. The average molecular weight is 3660 g/mol. The number of fused-ring (bicyclic) bond motifs is 16. The van der Waals surface area contributed by atoms with Crippen LogP contribution in [0, 0.1) is 41.5 Å². The van der Waals surface area contributed by atoms with Crippen LogP contribution in [0.15, 0.2) is 140 Å². The number of benzene rings is 8. The molecule has 6 aliphatic rings. The molecule has 2 fully saturated rings. The summed E-state index contributed by atoms with van der Waals surface area (Å²) in [4.78, 5) is 5.52. The monoisotopic (exact) mass is 3660 g/mol. The molecule has 528 valence electrons. The maximum atomic E-state index is 3.18. The van der Waals surface area contributed by atoms with Crippen LogP contribution in [0.1, 0.15) is 131 Å². The van der Waals surface area contributed by atoms with Crippen molar-refractivity contribution < 1.29 is 13.3 Å². The zero-order valence-corrected chi connectivity index (χ0v) is 99.0. The van der Waals surface area contributed by atoms with Crippen molar-refractivity contribution in [3.05, 3.63) is 184 Å². The molecule has 4 atom stereocenters. The maximum absolute atomic E-state index is 3.18. The number of hydrogen-bond donors (Lipinski definition) is 0. The van der Waals surface area contributed by atoms with Gasteiger partial charge in [0.2, 0.25) is 0 Å². The van der Waals surface area contributed by atoms with Crippen molar-refractivity contribution in [1.82, 2.24) is 9.13 Å². The first kappa shape index (κ1) is 83.3. The van der Waals surface area contributed by atoms with Crippen molar-refractivity contribution in [3.8, 4) is 11.4 Å². The van der Waals surface area contributed by atoms with Gasteiger partial charge in [-0.05, 0) is 199 Å². The molecule has 2 aliphatic carbocycles. The second-order valence-electron chi connectivity index (χ2n) is 26.7. The van der Waals surface area contributed by atoms with Gasteiger partial charge in [0.15, 0.2) is 0 Å². The molecule has 0 amide bonds. The fourth-order valence-corrected chi connectivity index (χ4v) is 3160. The summed E-state index contributed by atoms with van der Waals surface area (Å²) >= 11 is 34.2. The zero-order chi connectivity index (χ0) is 68.1. The second-order valence-corrected chi connectivity index (χ2v) is 482. The van der Waals surface area contributed by atoms with Crippen LogP contribution in [-0.2, 0) is 10.8 Å². The Morgan fingerprint density at radius 1 is 0.402 bits per heavy atom. The summed E-state index contributed by atoms with van der Waals surface area (Å²) in [5.41, 5.74) is 29.6. The molecule has 0 saturated heterocycles. The van der Waals surface area contributed by atoms with E-state index in [1.54, 1.807) is 5.56 Å². The number of anilines is 4. The van der Waals surface area contributed by atoms with E-state index in [1.165, 1.54) is 184 Å². The SMILES string of the molecule is C.Cc1cc(N2c3ccccc3C3(C)CCCCC23C)cc(-n2c3ccc(C)cc3c3cc(C)ccc32)c1.Cc1cc2c3c(c1)-n1c4ccc(C)cc4c4cc(C)cc(c41)B3c1cccc3c1N2C1(C)CCCCC31C.I[I-]I(I)I(I)I(I)I(I)I(I)I(I)I(I)I(I)I(I)I. The molecule has 4 nitrogen and oxygen atoms in total. The molecule has 10 aromatic rings. The van der Waals surface area contributed by atoms with Crippen LogP contribution < -0.4 is 39.4 Å². The van der Waals surface area contributed by atoms with Gasteiger partial charge < -0.3 is 18.9 Å². The summed E-state index contributed by atoms with van der Waals surface area (Å²) in [7, 11) is -3.51. The minimum atomic E-state index is -0.439. The first-order chi connectivity index (χ1) is 45.7. The van der Waals surface area contributed by atoms with Gasteiger partial charge in [0.1, 0.15) is 0 Å². The topological polar surface area (TPSA) is 16.3 Å². The molecular weight excluding hydrogens is 3580 g/mol. The summed E-state index contributed by atoms with van der Waals surface area (Å²) in [6.07, 6.45) is 10.2. The summed E-state index contributed by atoms with van der Waals surface area (Å²) in [6.45, 7) is 23.8. The fourth-order valence-electron chi connectivity index (χ4n) is 17.1. The molecule has 2 saturated carbocycles. The van der Waals surface area contributed by atoms with Crippen LogP contribution in [0.4, 0.5) is 22.7 Å². The van der Waals surface area contributed by atoms with Crippen LogP contribution in [0.5, 0.6) is 0 Å². The van der Waals surface area contributed by atoms with Gasteiger partial charge in [-0.2, -0.15) is 0 Å². The molecule has 0 N–H and O–H groups in total. The Bertz CT molecular complexity index is 4700. The Hall–Kier alpha value is 8.35. The number of nitrogens with zero attached hydrogens (tertiary/aromatic N) is 4. The number of aryl methyl sites for hydroxylation is 6. The molecule has 26 heteroatoms. The van der Waals surface area contributed by atoms with Gasteiger partial charge in [0.25, 0.3) is 6.71 Å². The zero-order valence-electron chi connectivity index (χ0n) is 53.7. The van der Waals surface area contributed by atoms with Crippen molar-refractivity contribution in [2.45, 2.75) is 150 Å². The van der Waals surface area contributed by atoms with Crippen molar-refractivity contribution in [2.75, 3.05) is 9.80 Å². The first-order valence-electron chi connectivity index (χ1n) is 31.1. The quantitative estimate of drug-likeness (QED) is 0.0948. The third-order valence-corrected chi connectivity index (χ3v) is 1430. The standard InChI is InChI=1S/C35H33BN2.C35H36N2.CH4.I21/c1-20-11-12-28-23(15-20)24-16-21(2)17-27-32(24)37(28)29-18-22(3)19-30-31(29)36(27)26-10-8-9-25-33(26)38(30)35(5)14-7-6-13-34(25,35)4;1-23-12-14-31-28(20-23)29-21-24(2)13-15-32(29)36(31)26-18-25(3)19-27(22-26)37-33-11-7-6-10-30(33)34(4)16-8-9-17-35(34,37)5;;1-12-14(4)16(6)18(8)20(10)21(11)19(9)17(7)15(5)13(2)3/h8-12,15-19H,6-7,13-14H2,1-5H3;6-7,10-15,18-22H,8-9,16-17H2,1-5H3;1H4;/q;;;-1. The minimum absolute atomic E-state index is 0. The van der Waals surface area contributed by atoms with Crippen molar-refractivity contribution in [3.63, 3.8) is 0 Å². The molecule has 8 aromatic carbocycles. The third-order valence-electron chi connectivity index (χ3n) is 21.4. The van der Waals surface area contributed by atoms with Gasteiger partial charge in [0, 0.05) is 72.0 Å². The van der Waals surface area contributed by atoms with Gasteiger partial charge in [-0.3, -0.25) is 0 Å². The van der Waals surface area contributed by atoms with Crippen LogP contribution in [0.3, 0.4) is 0 Å². The predicted molar refractivity (Wildman–Crippen MR) is 607 cm³/mol. The molecule has 4 unspecified atom stereocenters. The molecule has 2 aromatic heterocycles. The van der Waals surface area contributed by atoms with Gasteiger partial charge in [-0.1, -0.05) is 130 Å². The normalized spacial score (nSPS) is 22.1.